The van der Waals surface area contributed by atoms with Crippen LogP contribution in [0.4, 0.5) is 5.69 Å². The van der Waals surface area contributed by atoms with Crippen LogP contribution >= 0.6 is 36.3 Å². The molecule has 1 aliphatic carbocycles. The van der Waals surface area contributed by atoms with Crippen LogP contribution in [0.15, 0.2) is 21.9 Å². The van der Waals surface area contributed by atoms with Crippen LogP contribution in [-0.2, 0) is 0 Å². The predicted octanol–water partition coefficient (Wildman–Crippen LogP) is 4.42. The van der Waals surface area contributed by atoms with Crippen molar-refractivity contribution in [1.29, 1.82) is 0 Å². The molecule has 1 fully saturated rings. The van der Waals surface area contributed by atoms with E-state index >= 15 is 0 Å². The molecule has 3 rings (SSSR count). The number of nitrogens with zero attached hydrogens (tertiary/aromatic N) is 1. The Morgan fingerprint density at radius 2 is 2.05 bits per heavy atom. The molecule has 0 bridgehead atoms. The van der Waals surface area contributed by atoms with Gasteiger partial charge in [-0.2, -0.15) is 0 Å². The summed E-state index contributed by atoms with van der Waals surface area (Å²) in [6, 6.07) is 4.99. The Labute approximate surface area is 129 Å². The second-order valence-corrected chi connectivity index (χ2v) is 7.93. The fourth-order valence-electron chi connectivity index (χ4n) is 3.20. The lowest BCUT2D eigenvalue weighted by Crippen LogP contribution is -2.38. The van der Waals surface area contributed by atoms with Gasteiger partial charge in [-0.25, -0.2) is 0 Å². The molecule has 0 amide bonds. The highest BCUT2D eigenvalue weighted by Crippen LogP contribution is 2.50. The summed E-state index contributed by atoms with van der Waals surface area (Å²) < 4.78 is 0.259. The minimum atomic E-state index is 0.259. The largest absolute Gasteiger partial charge is 0.346 e. The fraction of sp³-hybridized carbons (Fsp3) is 0.571. The Morgan fingerprint density at radius 3 is 2.74 bits per heavy atom. The van der Waals surface area contributed by atoms with Crippen molar-refractivity contribution in [2.24, 2.45) is 5.14 Å². The molecular weight excluding hydrogens is 292 g/mol. The van der Waals surface area contributed by atoms with Crippen LogP contribution in [0, 0.1) is 6.92 Å². The SMILES string of the molecule is Cc1c(SN)ccc2c1N(C1CCCCC1)C(S)S2. The molecule has 19 heavy (non-hydrogen) atoms. The standard InChI is InChI=1S/C14H20N2S3/c1-9-11(19-15)7-8-12-13(9)16(14(17)18-12)10-5-3-2-4-6-10/h7-8,10,14,17H,2-6,15H2,1H3. The van der Waals surface area contributed by atoms with Gasteiger partial charge in [0.05, 0.1) is 5.69 Å². The van der Waals surface area contributed by atoms with E-state index in [1.807, 2.05) is 11.8 Å². The number of thioether (sulfide) groups is 1. The topological polar surface area (TPSA) is 29.3 Å². The van der Waals surface area contributed by atoms with E-state index in [0.717, 1.165) is 0 Å². The van der Waals surface area contributed by atoms with Crippen molar-refractivity contribution in [1.82, 2.24) is 0 Å². The first kappa shape index (κ1) is 14.0. The van der Waals surface area contributed by atoms with Gasteiger partial charge in [0.25, 0.3) is 0 Å². The molecule has 1 saturated carbocycles. The Balaban J connectivity index is 1.99. The molecule has 2 nitrogen and oxygen atoms in total. The number of thiol groups is 1. The van der Waals surface area contributed by atoms with E-state index < -0.39 is 0 Å². The van der Waals surface area contributed by atoms with Gasteiger partial charge in [0.15, 0.2) is 0 Å². The molecule has 0 aromatic heterocycles. The van der Waals surface area contributed by atoms with Gasteiger partial charge in [0.1, 0.15) is 4.71 Å². The van der Waals surface area contributed by atoms with Crippen LogP contribution in [0.1, 0.15) is 37.7 Å². The van der Waals surface area contributed by atoms with Crippen molar-refractivity contribution >= 4 is 42.0 Å². The van der Waals surface area contributed by atoms with Gasteiger partial charge >= 0.3 is 0 Å². The molecule has 1 aromatic carbocycles. The number of hydrogen-bond donors (Lipinski definition) is 2. The molecule has 1 aromatic rings. The number of hydrogen-bond acceptors (Lipinski definition) is 5. The smallest absolute Gasteiger partial charge is 0.124 e. The minimum absolute atomic E-state index is 0.259. The summed E-state index contributed by atoms with van der Waals surface area (Å²) in [5.41, 5.74) is 2.70. The van der Waals surface area contributed by atoms with Crippen molar-refractivity contribution in [3.05, 3.63) is 17.7 Å². The summed E-state index contributed by atoms with van der Waals surface area (Å²) in [5, 5.41) is 5.78. The Hall–Kier alpha value is 0.0300. The van der Waals surface area contributed by atoms with Crippen LogP contribution in [-0.4, -0.2) is 10.7 Å². The van der Waals surface area contributed by atoms with Gasteiger partial charge in [-0.3, -0.25) is 5.14 Å². The molecule has 2 N–H and O–H groups in total. The zero-order valence-corrected chi connectivity index (χ0v) is 13.7. The van der Waals surface area contributed by atoms with Crippen molar-refractivity contribution in [2.45, 2.75) is 59.6 Å². The summed E-state index contributed by atoms with van der Waals surface area (Å²) in [5.74, 6) is 0. The lowest BCUT2D eigenvalue weighted by atomic mass is 9.94. The maximum Gasteiger partial charge on any atom is 0.124 e. The highest BCUT2D eigenvalue weighted by atomic mass is 32.2. The van der Waals surface area contributed by atoms with E-state index in [2.05, 4.69) is 24.0 Å². The summed E-state index contributed by atoms with van der Waals surface area (Å²) in [4.78, 5) is 5.08. The molecule has 1 atom stereocenters. The first-order valence-electron chi connectivity index (χ1n) is 6.86. The van der Waals surface area contributed by atoms with Crippen molar-refractivity contribution in [3.8, 4) is 0 Å². The second kappa shape index (κ2) is 5.80. The third-order valence-corrected chi connectivity index (χ3v) is 6.45. The lowest BCUT2D eigenvalue weighted by molar-refractivity contribution is 0.422. The van der Waals surface area contributed by atoms with Gasteiger partial charge in [-0.05, 0) is 49.4 Å². The fourth-order valence-corrected chi connectivity index (χ4v) is 5.40. The third kappa shape index (κ3) is 2.50. The van der Waals surface area contributed by atoms with E-state index in [-0.39, 0.29) is 4.71 Å². The molecular formula is C14H20N2S3. The van der Waals surface area contributed by atoms with Crippen molar-refractivity contribution < 1.29 is 0 Å². The molecule has 0 radical (unpaired) electrons. The van der Waals surface area contributed by atoms with Gasteiger partial charge in [-0.1, -0.05) is 31.0 Å². The maximum atomic E-state index is 5.78. The first-order valence-corrected chi connectivity index (χ1v) is 9.13. The number of fused-ring (bicyclic) bond motifs is 1. The summed E-state index contributed by atoms with van der Waals surface area (Å²) in [7, 11) is 0. The van der Waals surface area contributed by atoms with E-state index in [1.54, 1.807) is 0 Å². The molecule has 1 heterocycles. The summed E-state index contributed by atoms with van der Waals surface area (Å²) >= 11 is 8.02. The molecule has 1 unspecified atom stereocenters. The third-order valence-electron chi connectivity index (χ3n) is 4.17. The molecule has 0 saturated heterocycles. The van der Waals surface area contributed by atoms with Crippen LogP contribution < -0.4 is 10.0 Å². The molecule has 104 valence electrons. The molecule has 2 aliphatic rings. The molecule has 5 heteroatoms. The van der Waals surface area contributed by atoms with Gasteiger partial charge in [0.2, 0.25) is 0 Å². The van der Waals surface area contributed by atoms with Crippen molar-refractivity contribution in [3.63, 3.8) is 0 Å². The molecule has 1 aliphatic heterocycles. The monoisotopic (exact) mass is 312 g/mol. The predicted molar refractivity (Wildman–Crippen MR) is 89.2 cm³/mol. The summed E-state index contributed by atoms with van der Waals surface area (Å²) in [6.07, 6.45) is 6.70. The Bertz CT molecular complexity index is 472. The van der Waals surface area contributed by atoms with Crippen LogP contribution in [0.5, 0.6) is 0 Å². The van der Waals surface area contributed by atoms with Gasteiger partial charge < -0.3 is 4.90 Å². The van der Waals surface area contributed by atoms with E-state index in [0.29, 0.717) is 6.04 Å². The van der Waals surface area contributed by atoms with Crippen LogP contribution in [0.25, 0.3) is 0 Å². The normalized spacial score (nSPS) is 23.7. The van der Waals surface area contributed by atoms with E-state index in [9.17, 15) is 0 Å². The van der Waals surface area contributed by atoms with E-state index in [1.165, 1.54) is 65.1 Å². The van der Waals surface area contributed by atoms with E-state index in [4.69, 9.17) is 17.8 Å². The average molecular weight is 313 g/mol. The number of nitrogens with two attached hydrogens (primary N) is 1. The number of anilines is 1. The van der Waals surface area contributed by atoms with Gasteiger partial charge in [0, 0.05) is 15.8 Å². The summed E-state index contributed by atoms with van der Waals surface area (Å²) in [6.45, 7) is 2.19. The average Bonchev–Trinajstić information content (AvgIpc) is 2.77. The van der Waals surface area contributed by atoms with Gasteiger partial charge in [-0.15, -0.1) is 12.6 Å². The highest BCUT2D eigenvalue weighted by molar-refractivity contribution is 8.11. The quantitative estimate of drug-likeness (QED) is 0.625. The highest BCUT2D eigenvalue weighted by Gasteiger charge is 2.35. The number of benzene rings is 1. The lowest BCUT2D eigenvalue weighted by Gasteiger charge is -2.36. The molecule has 0 spiro atoms. The zero-order chi connectivity index (χ0) is 13.4. The Morgan fingerprint density at radius 1 is 1.32 bits per heavy atom. The second-order valence-electron chi connectivity index (χ2n) is 5.30. The first-order chi connectivity index (χ1) is 9.22. The van der Waals surface area contributed by atoms with Crippen molar-refractivity contribution in [2.75, 3.05) is 4.90 Å². The number of rotatable bonds is 2. The Kier molecular flexibility index (Phi) is 4.27. The van der Waals surface area contributed by atoms with Crippen LogP contribution in [0.2, 0.25) is 0 Å². The zero-order valence-electron chi connectivity index (χ0n) is 11.1. The minimum Gasteiger partial charge on any atom is -0.346 e. The van der Waals surface area contributed by atoms with Crippen LogP contribution in [0.3, 0.4) is 0 Å². The maximum absolute atomic E-state index is 5.78.